The Morgan fingerprint density at radius 3 is 1.79 bits per heavy atom. The van der Waals surface area contributed by atoms with Gasteiger partial charge in [0.15, 0.2) is 0 Å². The van der Waals surface area contributed by atoms with Gasteiger partial charge < -0.3 is 4.18 Å². The maximum atomic E-state index is 12.1. The molecule has 0 saturated heterocycles. The van der Waals surface area contributed by atoms with Gasteiger partial charge in [-0.3, -0.25) is 4.79 Å². The number of carbonyl (C=O) groups is 1. The summed E-state index contributed by atoms with van der Waals surface area (Å²) in [6.07, 6.45) is 0. The molecule has 3 aromatic carbocycles. The monoisotopic (exact) mass is 334 g/mol. The van der Waals surface area contributed by atoms with Crippen LogP contribution < -0.4 is 0 Å². The fourth-order valence-corrected chi connectivity index (χ4v) is 6.70. The highest BCUT2D eigenvalue weighted by Gasteiger charge is 2.43. The summed E-state index contributed by atoms with van der Waals surface area (Å²) < 4.78 is 6.12. The number of hydrogen-bond acceptors (Lipinski definition) is 2. The number of hydrogen-bond donors (Lipinski definition) is 0. The van der Waals surface area contributed by atoms with Gasteiger partial charge in [-0.25, -0.2) is 0 Å². The molecule has 0 fully saturated rings. The van der Waals surface area contributed by atoms with Crippen molar-refractivity contribution in [3.8, 4) is 11.1 Å². The largest absolute Gasteiger partial charge is 0.402 e. The molecule has 24 heavy (non-hydrogen) atoms. The van der Waals surface area contributed by atoms with E-state index in [1.165, 1.54) is 12.5 Å². The van der Waals surface area contributed by atoms with Crippen LogP contribution in [0.25, 0.3) is 11.1 Å². The second-order valence-corrected chi connectivity index (χ2v) is 8.57. The lowest BCUT2D eigenvalue weighted by molar-refractivity contribution is -0.131. The van der Waals surface area contributed by atoms with Crippen molar-refractivity contribution in [3.05, 3.63) is 78.4 Å². The van der Waals surface area contributed by atoms with Crippen molar-refractivity contribution in [1.29, 1.82) is 0 Å². The summed E-state index contributed by atoms with van der Waals surface area (Å²) in [5.41, 5.74) is 3.51. The lowest BCUT2D eigenvalue weighted by Gasteiger charge is -2.36. The van der Waals surface area contributed by atoms with Gasteiger partial charge in [-0.15, -0.1) is 0 Å². The van der Waals surface area contributed by atoms with E-state index in [0.717, 1.165) is 25.8 Å². The molecule has 3 aromatic rings. The minimum Gasteiger partial charge on any atom is -0.402 e. The molecule has 120 valence electrons. The standard InChI is InChI=1S/C21H18O2S/c1-15-11-13-17(14-12-15)24(23-16(2)22)20-9-5-3-7-18(20)19-8-4-6-10-21(19)24/h3-14H,1-2H3. The number of carbonyl (C=O) groups excluding carboxylic acids is 1. The van der Waals surface area contributed by atoms with Gasteiger partial charge in [-0.1, -0.05) is 54.1 Å². The fourth-order valence-electron chi connectivity index (χ4n) is 3.30. The summed E-state index contributed by atoms with van der Waals surface area (Å²) in [4.78, 5) is 15.3. The zero-order valence-corrected chi connectivity index (χ0v) is 14.5. The van der Waals surface area contributed by atoms with Gasteiger partial charge in [-0.05, 0) is 52.6 Å². The maximum absolute atomic E-state index is 12.1. The van der Waals surface area contributed by atoms with Gasteiger partial charge >= 0.3 is 5.97 Å². The Hall–Kier alpha value is -2.52. The molecule has 3 heteroatoms. The third-order valence-electron chi connectivity index (χ3n) is 4.28. The Bertz CT molecular complexity index is 883. The minimum atomic E-state index is -2.02. The van der Waals surface area contributed by atoms with E-state index in [1.807, 2.05) is 24.3 Å². The first-order chi connectivity index (χ1) is 11.6. The van der Waals surface area contributed by atoms with Crippen LogP contribution in [-0.4, -0.2) is 5.97 Å². The average Bonchev–Trinajstić information content (AvgIpc) is 2.87. The van der Waals surface area contributed by atoms with Gasteiger partial charge in [-0.2, -0.15) is 0 Å². The van der Waals surface area contributed by atoms with Crippen LogP contribution in [0, 0.1) is 6.92 Å². The molecule has 1 aliphatic rings. The van der Waals surface area contributed by atoms with Crippen LogP contribution in [0.3, 0.4) is 0 Å². The van der Waals surface area contributed by atoms with Crippen LogP contribution in [0.2, 0.25) is 0 Å². The molecule has 0 aromatic heterocycles. The van der Waals surface area contributed by atoms with Crippen molar-refractivity contribution in [3.63, 3.8) is 0 Å². The molecule has 1 aliphatic heterocycles. The van der Waals surface area contributed by atoms with E-state index >= 15 is 0 Å². The number of rotatable bonds is 2. The van der Waals surface area contributed by atoms with Crippen LogP contribution in [-0.2, 0) is 8.98 Å². The molecule has 0 N–H and O–H groups in total. The van der Waals surface area contributed by atoms with Crippen molar-refractivity contribution in [2.24, 2.45) is 0 Å². The van der Waals surface area contributed by atoms with Crippen molar-refractivity contribution < 1.29 is 8.98 Å². The smallest absolute Gasteiger partial charge is 0.313 e. The molecule has 0 atom stereocenters. The first-order valence-corrected chi connectivity index (χ1v) is 9.47. The quantitative estimate of drug-likeness (QED) is 0.598. The topological polar surface area (TPSA) is 26.3 Å². The average molecular weight is 334 g/mol. The summed E-state index contributed by atoms with van der Waals surface area (Å²) >= 11 is 0. The third-order valence-corrected chi connectivity index (χ3v) is 7.65. The first kappa shape index (κ1) is 15.0. The van der Waals surface area contributed by atoms with Crippen LogP contribution in [0.4, 0.5) is 0 Å². The molecular weight excluding hydrogens is 316 g/mol. The first-order valence-electron chi connectivity index (χ1n) is 7.91. The normalized spacial score (nSPS) is 15.2. The summed E-state index contributed by atoms with van der Waals surface area (Å²) in [5, 5.41) is 0. The second-order valence-electron chi connectivity index (χ2n) is 5.94. The maximum Gasteiger partial charge on any atom is 0.313 e. The van der Waals surface area contributed by atoms with Crippen molar-refractivity contribution >= 4 is 16.3 Å². The minimum absolute atomic E-state index is 0.253. The van der Waals surface area contributed by atoms with E-state index in [2.05, 4.69) is 55.5 Å². The molecule has 0 radical (unpaired) electrons. The van der Waals surface area contributed by atoms with Gasteiger partial charge in [0.25, 0.3) is 0 Å². The third kappa shape index (κ3) is 2.09. The van der Waals surface area contributed by atoms with Gasteiger partial charge in [0, 0.05) is 21.6 Å². The molecule has 0 aliphatic carbocycles. The predicted molar refractivity (Wildman–Crippen MR) is 97.2 cm³/mol. The van der Waals surface area contributed by atoms with E-state index in [9.17, 15) is 4.79 Å². The Morgan fingerprint density at radius 2 is 1.29 bits per heavy atom. The van der Waals surface area contributed by atoms with Crippen molar-refractivity contribution in [2.45, 2.75) is 28.5 Å². The highest BCUT2D eigenvalue weighted by molar-refractivity contribution is 8.30. The molecular formula is C21H18O2S. The Balaban J connectivity index is 2.09. The molecule has 0 spiro atoms. The lowest BCUT2D eigenvalue weighted by Crippen LogP contribution is -2.09. The molecule has 1 heterocycles. The predicted octanol–water partition coefficient (Wildman–Crippen LogP) is 5.74. The zero-order valence-electron chi connectivity index (χ0n) is 13.7. The van der Waals surface area contributed by atoms with Crippen LogP contribution in [0.15, 0.2) is 87.5 Å². The van der Waals surface area contributed by atoms with E-state index in [0.29, 0.717) is 0 Å². The van der Waals surface area contributed by atoms with E-state index in [1.54, 1.807) is 0 Å². The Labute approximate surface area is 143 Å². The molecule has 2 nitrogen and oxygen atoms in total. The number of aryl methyl sites for hydroxylation is 1. The van der Waals surface area contributed by atoms with Crippen molar-refractivity contribution in [2.75, 3.05) is 0 Å². The van der Waals surface area contributed by atoms with Crippen LogP contribution in [0.5, 0.6) is 0 Å². The molecule has 0 saturated carbocycles. The van der Waals surface area contributed by atoms with Crippen LogP contribution in [0.1, 0.15) is 12.5 Å². The SMILES string of the molecule is CC(=O)OS1(c2ccc(C)cc2)c2ccccc2-c2ccccc21. The van der Waals surface area contributed by atoms with Gasteiger partial charge in [0.05, 0.1) is 0 Å². The van der Waals surface area contributed by atoms with Crippen LogP contribution >= 0.6 is 10.3 Å². The van der Waals surface area contributed by atoms with Crippen molar-refractivity contribution in [1.82, 2.24) is 0 Å². The Morgan fingerprint density at radius 1 is 0.792 bits per heavy atom. The molecule has 0 unspecified atom stereocenters. The number of benzene rings is 3. The summed E-state index contributed by atoms with van der Waals surface area (Å²) in [5.74, 6) is -0.253. The fraction of sp³-hybridized carbons (Fsp3) is 0.0952. The van der Waals surface area contributed by atoms with E-state index in [-0.39, 0.29) is 5.97 Å². The Kier molecular flexibility index (Phi) is 3.47. The van der Waals surface area contributed by atoms with Gasteiger partial charge in [0.2, 0.25) is 0 Å². The number of fused-ring (bicyclic) bond motifs is 3. The summed E-state index contributed by atoms with van der Waals surface area (Å²) in [6, 6.07) is 24.9. The van der Waals surface area contributed by atoms with E-state index in [4.69, 9.17) is 4.18 Å². The molecule has 4 rings (SSSR count). The molecule has 0 amide bonds. The van der Waals surface area contributed by atoms with Gasteiger partial charge in [0.1, 0.15) is 0 Å². The zero-order chi connectivity index (χ0) is 16.7. The second kappa shape index (κ2) is 5.53. The summed E-state index contributed by atoms with van der Waals surface area (Å²) in [6.45, 7) is 3.56. The highest BCUT2D eigenvalue weighted by Crippen LogP contribution is 2.76. The van der Waals surface area contributed by atoms with E-state index < -0.39 is 10.3 Å². The summed E-state index contributed by atoms with van der Waals surface area (Å²) in [7, 11) is -2.02. The highest BCUT2D eigenvalue weighted by atomic mass is 32.3. The molecule has 0 bridgehead atoms. The lowest BCUT2D eigenvalue weighted by atomic mass is 10.1.